The van der Waals surface area contributed by atoms with Gasteiger partial charge in [0.25, 0.3) is 0 Å². The summed E-state index contributed by atoms with van der Waals surface area (Å²) < 4.78 is 5.34. The van der Waals surface area contributed by atoms with E-state index in [0.29, 0.717) is 5.82 Å². The van der Waals surface area contributed by atoms with Gasteiger partial charge in [0.1, 0.15) is 17.9 Å². The van der Waals surface area contributed by atoms with E-state index in [-0.39, 0.29) is 0 Å². The van der Waals surface area contributed by atoms with Gasteiger partial charge in [0.2, 0.25) is 0 Å². The van der Waals surface area contributed by atoms with Crippen LogP contribution in [0.3, 0.4) is 0 Å². The first-order valence-electron chi connectivity index (χ1n) is 5.49. The molecule has 0 unspecified atom stereocenters. The lowest BCUT2D eigenvalue weighted by atomic mass is 10.0. The first-order chi connectivity index (χ1) is 8.26. The number of hydrogen-bond donors (Lipinski definition) is 1. The highest BCUT2D eigenvalue weighted by molar-refractivity contribution is 5.78. The second-order valence-corrected chi connectivity index (χ2v) is 3.71. The van der Waals surface area contributed by atoms with Gasteiger partial charge in [0.15, 0.2) is 0 Å². The van der Waals surface area contributed by atoms with Crippen LogP contribution in [-0.4, -0.2) is 17.1 Å². The molecule has 88 valence electrons. The number of hydrogen-bond acceptors (Lipinski definition) is 4. The van der Waals surface area contributed by atoms with Crippen LogP contribution in [0.25, 0.3) is 11.1 Å². The Morgan fingerprint density at radius 1 is 1.29 bits per heavy atom. The second-order valence-electron chi connectivity index (χ2n) is 3.71. The SMILES string of the molecule is CCc1ccc(OC)c(-c2cncnc2N)c1. The molecule has 0 atom stereocenters. The van der Waals surface area contributed by atoms with Crippen molar-refractivity contribution < 1.29 is 4.74 Å². The molecule has 2 aromatic rings. The molecule has 0 fully saturated rings. The largest absolute Gasteiger partial charge is 0.496 e. The zero-order valence-corrected chi connectivity index (χ0v) is 9.97. The summed E-state index contributed by atoms with van der Waals surface area (Å²) in [5.41, 5.74) is 8.83. The first kappa shape index (κ1) is 11.4. The Bertz CT molecular complexity index is 526. The Labute approximate surface area is 100 Å². The first-order valence-corrected chi connectivity index (χ1v) is 5.49. The van der Waals surface area contributed by atoms with Crippen LogP contribution in [0.15, 0.2) is 30.7 Å². The van der Waals surface area contributed by atoms with Crippen LogP contribution in [0.5, 0.6) is 5.75 Å². The number of aryl methyl sites for hydroxylation is 1. The highest BCUT2D eigenvalue weighted by atomic mass is 16.5. The van der Waals surface area contributed by atoms with Gasteiger partial charge in [-0.05, 0) is 24.1 Å². The third kappa shape index (κ3) is 2.20. The summed E-state index contributed by atoms with van der Waals surface area (Å²) in [5.74, 6) is 1.25. The smallest absolute Gasteiger partial charge is 0.134 e. The van der Waals surface area contributed by atoms with Crippen LogP contribution in [0, 0.1) is 0 Å². The average molecular weight is 229 g/mol. The van der Waals surface area contributed by atoms with E-state index in [0.717, 1.165) is 23.3 Å². The molecular weight excluding hydrogens is 214 g/mol. The van der Waals surface area contributed by atoms with E-state index >= 15 is 0 Å². The molecule has 2 rings (SSSR count). The van der Waals surface area contributed by atoms with Crippen LogP contribution in [0.1, 0.15) is 12.5 Å². The number of ether oxygens (including phenoxy) is 1. The number of nitrogens with zero attached hydrogens (tertiary/aromatic N) is 2. The maximum Gasteiger partial charge on any atom is 0.134 e. The van der Waals surface area contributed by atoms with Gasteiger partial charge in [-0.15, -0.1) is 0 Å². The zero-order valence-electron chi connectivity index (χ0n) is 9.97. The van der Waals surface area contributed by atoms with Gasteiger partial charge in [-0.3, -0.25) is 0 Å². The lowest BCUT2D eigenvalue weighted by Crippen LogP contribution is -1.97. The van der Waals surface area contributed by atoms with Crippen molar-refractivity contribution in [3.63, 3.8) is 0 Å². The maximum atomic E-state index is 5.86. The molecule has 4 heteroatoms. The Morgan fingerprint density at radius 2 is 2.12 bits per heavy atom. The summed E-state index contributed by atoms with van der Waals surface area (Å²) in [6, 6.07) is 6.05. The number of anilines is 1. The number of nitrogen functional groups attached to an aromatic ring is 1. The Hall–Kier alpha value is -2.10. The van der Waals surface area contributed by atoms with Crippen molar-refractivity contribution in [3.05, 3.63) is 36.3 Å². The standard InChI is InChI=1S/C13H15N3O/c1-3-9-4-5-12(17-2)10(6-9)11-7-15-8-16-13(11)14/h4-8H,3H2,1-2H3,(H2,14,15,16). The number of rotatable bonds is 3. The molecule has 0 bridgehead atoms. The number of aromatic nitrogens is 2. The third-order valence-electron chi connectivity index (χ3n) is 2.71. The highest BCUT2D eigenvalue weighted by Gasteiger charge is 2.10. The molecule has 0 aliphatic heterocycles. The number of benzene rings is 1. The highest BCUT2D eigenvalue weighted by Crippen LogP contribution is 2.33. The predicted octanol–water partition coefficient (Wildman–Crippen LogP) is 2.30. The van der Waals surface area contributed by atoms with Gasteiger partial charge >= 0.3 is 0 Å². The van der Waals surface area contributed by atoms with E-state index < -0.39 is 0 Å². The van der Waals surface area contributed by atoms with Crippen molar-refractivity contribution in [1.82, 2.24) is 9.97 Å². The maximum absolute atomic E-state index is 5.86. The predicted molar refractivity (Wildman–Crippen MR) is 67.8 cm³/mol. The van der Waals surface area contributed by atoms with Crippen molar-refractivity contribution in [3.8, 4) is 16.9 Å². The van der Waals surface area contributed by atoms with E-state index in [1.54, 1.807) is 13.3 Å². The molecule has 17 heavy (non-hydrogen) atoms. The fourth-order valence-electron chi connectivity index (χ4n) is 1.73. The van der Waals surface area contributed by atoms with Crippen LogP contribution >= 0.6 is 0 Å². The molecule has 4 nitrogen and oxygen atoms in total. The summed E-state index contributed by atoms with van der Waals surface area (Å²) in [5, 5.41) is 0. The van der Waals surface area contributed by atoms with Crippen molar-refractivity contribution in [2.45, 2.75) is 13.3 Å². The fraction of sp³-hybridized carbons (Fsp3) is 0.231. The van der Waals surface area contributed by atoms with Gasteiger partial charge in [0.05, 0.1) is 7.11 Å². The van der Waals surface area contributed by atoms with Crippen LogP contribution in [0.2, 0.25) is 0 Å². The molecule has 0 aliphatic carbocycles. The minimum absolute atomic E-state index is 0.464. The topological polar surface area (TPSA) is 61.0 Å². The Balaban J connectivity index is 2.60. The molecular formula is C13H15N3O. The summed E-state index contributed by atoms with van der Waals surface area (Å²) in [7, 11) is 1.64. The summed E-state index contributed by atoms with van der Waals surface area (Å²) in [6.45, 7) is 2.11. The Morgan fingerprint density at radius 3 is 2.76 bits per heavy atom. The summed E-state index contributed by atoms with van der Waals surface area (Å²) >= 11 is 0. The average Bonchev–Trinajstić information content (AvgIpc) is 2.38. The van der Waals surface area contributed by atoms with E-state index in [1.807, 2.05) is 12.1 Å². The van der Waals surface area contributed by atoms with Crippen molar-refractivity contribution in [2.24, 2.45) is 0 Å². The zero-order chi connectivity index (χ0) is 12.3. The molecule has 0 saturated carbocycles. The monoisotopic (exact) mass is 229 g/mol. The van der Waals surface area contributed by atoms with E-state index in [9.17, 15) is 0 Å². The van der Waals surface area contributed by atoms with Crippen molar-refractivity contribution in [2.75, 3.05) is 12.8 Å². The molecule has 0 saturated heterocycles. The molecule has 0 radical (unpaired) electrons. The molecule has 1 aromatic heterocycles. The lowest BCUT2D eigenvalue weighted by molar-refractivity contribution is 0.416. The van der Waals surface area contributed by atoms with E-state index in [2.05, 4.69) is 23.0 Å². The molecule has 1 aromatic carbocycles. The second kappa shape index (κ2) is 4.82. The summed E-state index contributed by atoms with van der Waals surface area (Å²) in [4.78, 5) is 8.00. The van der Waals surface area contributed by atoms with Crippen LogP contribution < -0.4 is 10.5 Å². The quantitative estimate of drug-likeness (QED) is 0.877. The molecule has 0 spiro atoms. The van der Waals surface area contributed by atoms with Crippen LogP contribution in [0.4, 0.5) is 5.82 Å². The van der Waals surface area contributed by atoms with Gasteiger partial charge in [0, 0.05) is 17.3 Å². The Kier molecular flexibility index (Phi) is 3.23. The minimum Gasteiger partial charge on any atom is -0.496 e. The van der Waals surface area contributed by atoms with Gasteiger partial charge in [-0.2, -0.15) is 0 Å². The summed E-state index contributed by atoms with van der Waals surface area (Å²) in [6.07, 6.45) is 4.11. The number of nitrogens with two attached hydrogens (primary N) is 1. The molecule has 2 N–H and O–H groups in total. The fourth-order valence-corrected chi connectivity index (χ4v) is 1.73. The van der Waals surface area contributed by atoms with Gasteiger partial charge in [-0.1, -0.05) is 13.0 Å². The van der Waals surface area contributed by atoms with E-state index in [1.165, 1.54) is 11.9 Å². The van der Waals surface area contributed by atoms with Crippen molar-refractivity contribution >= 4 is 5.82 Å². The minimum atomic E-state index is 0.464. The third-order valence-corrected chi connectivity index (χ3v) is 2.71. The molecule has 1 heterocycles. The van der Waals surface area contributed by atoms with E-state index in [4.69, 9.17) is 10.5 Å². The molecule has 0 aliphatic rings. The van der Waals surface area contributed by atoms with Gasteiger partial charge in [-0.25, -0.2) is 9.97 Å². The van der Waals surface area contributed by atoms with Gasteiger partial charge < -0.3 is 10.5 Å². The molecule has 0 amide bonds. The number of methoxy groups -OCH3 is 1. The lowest BCUT2D eigenvalue weighted by Gasteiger charge is -2.11. The van der Waals surface area contributed by atoms with Crippen molar-refractivity contribution in [1.29, 1.82) is 0 Å². The van der Waals surface area contributed by atoms with Crippen LogP contribution in [-0.2, 0) is 6.42 Å². The normalized spacial score (nSPS) is 10.2.